The summed E-state index contributed by atoms with van der Waals surface area (Å²) in [5.74, 6) is 1.18. The van der Waals surface area contributed by atoms with Crippen molar-refractivity contribution in [3.63, 3.8) is 0 Å². The van der Waals surface area contributed by atoms with Crippen LogP contribution < -0.4 is 4.74 Å². The van der Waals surface area contributed by atoms with Crippen molar-refractivity contribution in [1.29, 1.82) is 0 Å². The lowest BCUT2D eigenvalue weighted by molar-refractivity contribution is -0.117. The number of aromatic nitrogens is 2. The summed E-state index contributed by atoms with van der Waals surface area (Å²) in [5.41, 5.74) is 1.55. The molecular formula is C19H19N3O4S. The third kappa shape index (κ3) is 4.59. The van der Waals surface area contributed by atoms with Gasteiger partial charge in [0, 0.05) is 23.6 Å². The average molecular weight is 385 g/mol. The standard InChI is InChI=1S/C19H19N3O4S/c1-13-20-19(21-26-13)15-6-4-14(5-7-15)12-18(23)22-27(3,24)17-10-8-16(25-2)9-11-17/h4-11H,12H2,1-3H3. The molecule has 1 heterocycles. The second kappa shape index (κ2) is 7.71. The van der Waals surface area contributed by atoms with Crippen LogP contribution in [-0.2, 0) is 20.9 Å². The summed E-state index contributed by atoms with van der Waals surface area (Å²) >= 11 is 0. The summed E-state index contributed by atoms with van der Waals surface area (Å²) in [6.07, 6.45) is 1.51. The van der Waals surface area contributed by atoms with Gasteiger partial charge >= 0.3 is 0 Å². The van der Waals surface area contributed by atoms with E-state index >= 15 is 0 Å². The number of rotatable bonds is 5. The van der Waals surface area contributed by atoms with Crippen LogP contribution in [0.1, 0.15) is 11.5 Å². The smallest absolute Gasteiger partial charge is 0.258 e. The first-order valence-electron chi connectivity index (χ1n) is 8.16. The molecule has 0 N–H and O–H groups in total. The first-order valence-corrected chi connectivity index (χ1v) is 10.1. The molecule has 1 atom stereocenters. The summed E-state index contributed by atoms with van der Waals surface area (Å²) in [5, 5.41) is 3.85. The molecule has 0 aliphatic rings. The number of nitrogens with zero attached hydrogens (tertiary/aromatic N) is 3. The fraction of sp³-hybridized carbons (Fsp3) is 0.211. The van der Waals surface area contributed by atoms with Crippen molar-refractivity contribution in [1.82, 2.24) is 10.1 Å². The normalized spacial score (nSPS) is 13.0. The Morgan fingerprint density at radius 3 is 2.37 bits per heavy atom. The molecule has 0 saturated carbocycles. The monoisotopic (exact) mass is 385 g/mol. The van der Waals surface area contributed by atoms with E-state index in [1.54, 1.807) is 62.6 Å². The highest BCUT2D eigenvalue weighted by atomic mass is 32.2. The van der Waals surface area contributed by atoms with E-state index in [1.807, 2.05) is 0 Å². The van der Waals surface area contributed by atoms with Crippen molar-refractivity contribution in [2.24, 2.45) is 4.36 Å². The zero-order valence-electron chi connectivity index (χ0n) is 15.2. The topological polar surface area (TPSA) is 94.7 Å². The Morgan fingerprint density at radius 2 is 1.81 bits per heavy atom. The lowest BCUT2D eigenvalue weighted by Gasteiger charge is -2.06. The van der Waals surface area contributed by atoms with Gasteiger partial charge in [-0.15, -0.1) is 0 Å². The second-order valence-corrected chi connectivity index (χ2v) is 8.23. The molecule has 7 nitrogen and oxygen atoms in total. The lowest BCUT2D eigenvalue weighted by Crippen LogP contribution is -2.06. The number of benzene rings is 2. The minimum atomic E-state index is -2.82. The fourth-order valence-corrected chi connectivity index (χ4v) is 3.67. The maximum Gasteiger partial charge on any atom is 0.258 e. The number of amides is 1. The van der Waals surface area contributed by atoms with Crippen molar-refractivity contribution in [3.8, 4) is 17.1 Å². The minimum absolute atomic E-state index is 0.0620. The highest BCUT2D eigenvalue weighted by Crippen LogP contribution is 2.19. The van der Waals surface area contributed by atoms with E-state index in [0.29, 0.717) is 22.4 Å². The molecule has 1 aromatic heterocycles. The maximum atomic E-state index is 12.8. The van der Waals surface area contributed by atoms with Crippen LogP contribution in [0.25, 0.3) is 11.4 Å². The number of hydrogen-bond donors (Lipinski definition) is 0. The van der Waals surface area contributed by atoms with E-state index in [2.05, 4.69) is 14.5 Å². The predicted molar refractivity (Wildman–Crippen MR) is 101 cm³/mol. The lowest BCUT2D eigenvalue weighted by atomic mass is 10.1. The molecule has 0 aliphatic heterocycles. The van der Waals surface area contributed by atoms with Gasteiger partial charge in [0.1, 0.15) is 5.75 Å². The molecule has 0 aliphatic carbocycles. The van der Waals surface area contributed by atoms with Gasteiger partial charge in [-0.1, -0.05) is 29.4 Å². The molecule has 140 valence electrons. The highest BCUT2D eigenvalue weighted by Gasteiger charge is 2.11. The maximum absolute atomic E-state index is 12.8. The number of hydrogen-bond acceptors (Lipinski definition) is 6. The fourth-order valence-electron chi connectivity index (χ4n) is 2.47. The van der Waals surface area contributed by atoms with Gasteiger partial charge in [-0.25, -0.2) is 4.21 Å². The van der Waals surface area contributed by atoms with Crippen LogP contribution >= 0.6 is 0 Å². The summed E-state index contributed by atoms with van der Waals surface area (Å²) in [4.78, 5) is 16.9. The first kappa shape index (κ1) is 18.8. The molecule has 0 spiro atoms. The molecule has 2 aromatic carbocycles. The number of methoxy groups -OCH3 is 1. The zero-order chi connectivity index (χ0) is 19.4. The Kier molecular flexibility index (Phi) is 5.36. The molecule has 0 saturated heterocycles. The van der Waals surface area contributed by atoms with Crippen LogP contribution in [-0.4, -0.2) is 33.6 Å². The van der Waals surface area contributed by atoms with Gasteiger partial charge in [0.15, 0.2) is 0 Å². The van der Waals surface area contributed by atoms with E-state index in [0.717, 1.165) is 11.1 Å². The van der Waals surface area contributed by atoms with Crippen LogP contribution in [0.5, 0.6) is 5.75 Å². The van der Waals surface area contributed by atoms with Gasteiger partial charge < -0.3 is 9.26 Å². The van der Waals surface area contributed by atoms with Crippen LogP contribution in [0.2, 0.25) is 0 Å². The molecule has 0 radical (unpaired) electrons. The molecule has 3 rings (SSSR count). The summed E-state index contributed by atoms with van der Waals surface area (Å²) in [6.45, 7) is 1.72. The number of carbonyl (C=O) groups excluding carboxylic acids is 1. The van der Waals surface area contributed by atoms with Crippen molar-refractivity contribution < 1.29 is 18.3 Å². The van der Waals surface area contributed by atoms with Crippen molar-refractivity contribution in [3.05, 3.63) is 60.0 Å². The number of ether oxygens (including phenoxy) is 1. The predicted octanol–water partition coefficient (Wildman–Crippen LogP) is 3.28. The van der Waals surface area contributed by atoms with E-state index in [-0.39, 0.29) is 6.42 Å². The van der Waals surface area contributed by atoms with E-state index < -0.39 is 15.6 Å². The quantitative estimate of drug-likeness (QED) is 0.669. The van der Waals surface area contributed by atoms with E-state index in [1.165, 1.54) is 6.26 Å². The Balaban J connectivity index is 1.74. The summed E-state index contributed by atoms with van der Waals surface area (Å²) in [6, 6.07) is 13.9. The number of carbonyl (C=O) groups is 1. The van der Waals surface area contributed by atoms with E-state index in [4.69, 9.17) is 9.26 Å². The molecule has 8 heteroatoms. The molecule has 27 heavy (non-hydrogen) atoms. The van der Waals surface area contributed by atoms with Gasteiger partial charge in [0.05, 0.1) is 23.3 Å². The van der Waals surface area contributed by atoms with Gasteiger partial charge in [0.25, 0.3) is 5.91 Å². The Bertz CT molecular complexity index is 1060. The first-order chi connectivity index (χ1) is 12.9. The minimum Gasteiger partial charge on any atom is -0.497 e. The Morgan fingerprint density at radius 1 is 1.15 bits per heavy atom. The highest BCUT2D eigenvalue weighted by molar-refractivity contribution is 7.93. The molecule has 0 fully saturated rings. The Labute approximate surface area is 157 Å². The molecule has 3 aromatic rings. The second-order valence-electron chi connectivity index (χ2n) is 5.97. The van der Waals surface area contributed by atoms with Crippen LogP contribution in [0.15, 0.2) is 62.3 Å². The van der Waals surface area contributed by atoms with Crippen LogP contribution in [0, 0.1) is 6.92 Å². The number of aryl methyl sites for hydroxylation is 1. The molecule has 1 unspecified atom stereocenters. The van der Waals surface area contributed by atoms with Gasteiger partial charge in [-0.2, -0.15) is 9.35 Å². The molecule has 0 bridgehead atoms. The average Bonchev–Trinajstić information content (AvgIpc) is 3.08. The zero-order valence-corrected chi connectivity index (χ0v) is 16.0. The van der Waals surface area contributed by atoms with Crippen LogP contribution in [0.4, 0.5) is 0 Å². The largest absolute Gasteiger partial charge is 0.497 e. The van der Waals surface area contributed by atoms with Crippen molar-refractivity contribution in [2.45, 2.75) is 18.2 Å². The molecular weight excluding hydrogens is 366 g/mol. The molecule has 1 amide bonds. The summed E-state index contributed by atoms with van der Waals surface area (Å²) in [7, 11) is -1.26. The van der Waals surface area contributed by atoms with Crippen LogP contribution in [0.3, 0.4) is 0 Å². The van der Waals surface area contributed by atoms with E-state index in [9.17, 15) is 9.00 Å². The third-order valence-corrected chi connectivity index (χ3v) is 5.57. The summed E-state index contributed by atoms with van der Waals surface area (Å²) < 4.78 is 26.7. The van der Waals surface area contributed by atoms with Crippen molar-refractivity contribution in [2.75, 3.05) is 13.4 Å². The SMILES string of the molecule is COc1ccc(S(C)(=O)=NC(=O)Cc2ccc(-c3noc(C)n3)cc2)cc1. The third-order valence-electron chi connectivity index (χ3n) is 3.87. The van der Waals surface area contributed by atoms with Gasteiger partial charge in [-0.05, 0) is 29.8 Å². The van der Waals surface area contributed by atoms with Crippen molar-refractivity contribution >= 4 is 15.6 Å². The van der Waals surface area contributed by atoms with Gasteiger partial charge in [0.2, 0.25) is 11.7 Å². The Hall–Kier alpha value is -3.00. The van der Waals surface area contributed by atoms with Gasteiger partial charge in [-0.3, -0.25) is 4.79 Å².